The van der Waals surface area contributed by atoms with Crippen LogP contribution in [0.5, 0.6) is 5.75 Å². The minimum atomic E-state index is -0.291. The zero-order valence-electron chi connectivity index (χ0n) is 11.2. The number of hydrogen-bond acceptors (Lipinski definition) is 4. The second-order valence-electron chi connectivity index (χ2n) is 4.10. The van der Waals surface area contributed by atoms with E-state index in [-0.39, 0.29) is 19.0 Å². The average molecular weight is 438 g/mol. The fourth-order valence-electron chi connectivity index (χ4n) is 1.78. The highest BCUT2D eigenvalue weighted by atomic mass is 79.9. The molecule has 0 N–H and O–H groups in total. The molecule has 1 aromatic carbocycles. The van der Waals surface area contributed by atoms with Gasteiger partial charge in [-0.25, -0.2) is 4.98 Å². The number of fused-ring (bicyclic) bond motifs is 1. The van der Waals surface area contributed by atoms with Gasteiger partial charge in [-0.2, -0.15) is 0 Å². The molecule has 0 bridgehead atoms. The van der Waals surface area contributed by atoms with Gasteiger partial charge in [-0.3, -0.25) is 4.79 Å². The standard InChI is InChI=1S/C14H12Br2ClNO3/c1-2-20-12(19)5-6-21-14-10(16)7-9(15)8-3-4-11(17)18-13(8)14/h3-4,7H,2,5-6H2,1H3. The largest absolute Gasteiger partial charge is 0.489 e. The Morgan fingerprint density at radius 3 is 2.81 bits per heavy atom. The van der Waals surface area contributed by atoms with Gasteiger partial charge in [0.1, 0.15) is 10.7 Å². The van der Waals surface area contributed by atoms with Crippen molar-refractivity contribution in [3.63, 3.8) is 0 Å². The third-order valence-corrected chi connectivity index (χ3v) is 4.12. The van der Waals surface area contributed by atoms with Crippen molar-refractivity contribution in [1.29, 1.82) is 0 Å². The first kappa shape index (κ1) is 16.5. The number of ether oxygens (including phenoxy) is 2. The highest BCUT2D eigenvalue weighted by Gasteiger charge is 2.13. The van der Waals surface area contributed by atoms with Crippen LogP contribution >= 0.6 is 43.5 Å². The highest BCUT2D eigenvalue weighted by Crippen LogP contribution is 2.38. The molecule has 21 heavy (non-hydrogen) atoms. The number of hydrogen-bond donors (Lipinski definition) is 0. The number of halogens is 3. The molecule has 1 aromatic heterocycles. The zero-order valence-corrected chi connectivity index (χ0v) is 15.1. The molecule has 0 amide bonds. The molecule has 7 heteroatoms. The lowest BCUT2D eigenvalue weighted by atomic mass is 10.2. The SMILES string of the molecule is CCOC(=O)CCOc1c(Br)cc(Br)c2ccc(Cl)nc12. The maximum Gasteiger partial charge on any atom is 0.309 e. The minimum Gasteiger partial charge on any atom is -0.489 e. The molecule has 0 atom stereocenters. The lowest BCUT2D eigenvalue weighted by Gasteiger charge is -2.12. The van der Waals surface area contributed by atoms with Gasteiger partial charge in [0, 0.05) is 9.86 Å². The fraction of sp³-hybridized carbons (Fsp3) is 0.286. The molecule has 0 aliphatic carbocycles. The van der Waals surface area contributed by atoms with E-state index in [1.807, 2.05) is 12.1 Å². The summed E-state index contributed by atoms with van der Waals surface area (Å²) in [7, 11) is 0. The molecule has 4 nitrogen and oxygen atoms in total. The summed E-state index contributed by atoms with van der Waals surface area (Å²) < 4.78 is 12.2. The number of carbonyl (C=O) groups excluding carboxylic acids is 1. The molecule has 0 saturated heterocycles. The summed E-state index contributed by atoms with van der Waals surface area (Å²) in [6.45, 7) is 2.34. The van der Waals surface area contributed by atoms with Gasteiger partial charge in [0.2, 0.25) is 0 Å². The Labute approximate surface area is 144 Å². The number of nitrogens with zero attached hydrogens (tertiary/aromatic N) is 1. The van der Waals surface area contributed by atoms with E-state index in [2.05, 4.69) is 36.8 Å². The molecular formula is C14H12Br2ClNO3. The lowest BCUT2D eigenvalue weighted by Crippen LogP contribution is -2.10. The van der Waals surface area contributed by atoms with E-state index in [0.717, 1.165) is 14.3 Å². The molecule has 0 aliphatic heterocycles. The van der Waals surface area contributed by atoms with Gasteiger partial charge < -0.3 is 9.47 Å². The molecule has 1 heterocycles. The molecule has 2 rings (SSSR count). The normalized spacial score (nSPS) is 10.7. The molecule has 0 saturated carbocycles. The van der Waals surface area contributed by atoms with Crippen molar-refractivity contribution in [2.75, 3.05) is 13.2 Å². The van der Waals surface area contributed by atoms with Gasteiger partial charge >= 0.3 is 5.97 Å². The summed E-state index contributed by atoms with van der Waals surface area (Å²) in [5.41, 5.74) is 0.632. The quantitative estimate of drug-likeness (QED) is 0.501. The van der Waals surface area contributed by atoms with E-state index in [9.17, 15) is 4.79 Å². The highest BCUT2D eigenvalue weighted by molar-refractivity contribution is 9.11. The van der Waals surface area contributed by atoms with Crippen molar-refractivity contribution >= 4 is 60.3 Å². The van der Waals surface area contributed by atoms with E-state index in [4.69, 9.17) is 21.1 Å². The monoisotopic (exact) mass is 435 g/mol. The van der Waals surface area contributed by atoms with Gasteiger partial charge in [0.05, 0.1) is 24.1 Å². The van der Waals surface area contributed by atoms with Crippen molar-refractivity contribution in [2.24, 2.45) is 0 Å². The van der Waals surface area contributed by atoms with E-state index in [1.54, 1.807) is 13.0 Å². The number of aromatic nitrogens is 1. The molecule has 0 radical (unpaired) electrons. The van der Waals surface area contributed by atoms with Gasteiger partial charge in [-0.1, -0.05) is 27.5 Å². The van der Waals surface area contributed by atoms with Crippen LogP contribution < -0.4 is 4.74 Å². The van der Waals surface area contributed by atoms with E-state index >= 15 is 0 Å². The lowest BCUT2D eigenvalue weighted by molar-refractivity contribution is -0.143. The van der Waals surface area contributed by atoms with Crippen molar-refractivity contribution in [3.05, 3.63) is 32.3 Å². The van der Waals surface area contributed by atoms with Crippen LogP contribution in [0.3, 0.4) is 0 Å². The van der Waals surface area contributed by atoms with Crippen LogP contribution in [-0.2, 0) is 9.53 Å². The maximum absolute atomic E-state index is 11.3. The Morgan fingerprint density at radius 2 is 2.10 bits per heavy atom. The smallest absolute Gasteiger partial charge is 0.309 e. The topological polar surface area (TPSA) is 48.4 Å². The first-order valence-corrected chi connectivity index (χ1v) is 8.22. The molecule has 0 spiro atoms. The van der Waals surface area contributed by atoms with Crippen LogP contribution in [0.4, 0.5) is 0 Å². The van der Waals surface area contributed by atoms with Crippen LogP contribution in [0.2, 0.25) is 5.15 Å². The Kier molecular flexibility index (Phi) is 5.84. The molecule has 2 aromatic rings. The maximum atomic E-state index is 11.3. The number of carbonyl (C=O) groups is 1. The van der Waals surface area contributed by atoms with Crippen molar-refractivity contribution < 1.29 is 14.3 Å². The second-order valence-corrected chi connectivity index (χ2v) is 6.20. The van der Waals surface area contributed by atoms with Gasteiger partial charge in [0.15, 0.2) is 5.75 Å². The van der Waals surface area contributed by atoms with Crippen LogP contribution in [0.15, 0.2) is 27.1 Å². The summed E-state index contributed by atoms with van der Waals surface area (Å²) in [5, 5.41) is 1.26. The summed E-state index contributed by atoms with van der Waals surface area (Å²) in [6.07, 6.45) is 0.179. The predicted molar refractivity (Wildman–Crippen MR) is 88.9 cm³/mol. The van der Waals surface area contributed by atoms with Crippen molar-refractivity contribution in [1.82, 2.24) is 4.98 Å². The molecule has 112 valence electrons. The summed E-state index contributed by atoms with van der Waals surface area (Å²) >= 11 is 12.9. The number of benzene rings is 1. The van der Waals surface area contributed by atoms with Gasteiger partial charge in [-0.15, -0.1) is 0 Å². The first-order valence-electron chi connectivity index (χ1n) is 6.25. The molecule has 0 unspecified atom stereocenters. The number of esters is 1. The van der Waals surface area contributed by atoms with E-state index in [0.29, 0.717) is 23.0 Å². The second kappa shape index (κ2) is 7.42. The Morgan fingerprint density at radius 1 is 1.33 bits per heavy atom. The third kappa shape index (κ3) is 4.08. The Hall–Kier alpha value is -0.850. The Bertz CT molecular complexity index is 679. The van der Waals surface area contributed by atoms with Crippen molar-refractivity contribution in [3.8, 4) is 5.75 Å². The summed E-state index contributed by atoms with van der Waals surface area (Å²) in [4.78, 5) is 15.6. The predicted octanol–water partition coefficient (Wildman–Crippen LogP) is 4.75. The molecule has 0 fully saturated rings. The van der Waals surface area contributed by atoms with Gasteiger partial charge in [0.25, 0.3) is 0 Å². The van der Waals surface area contributed by atoms with E-state index < -0.39 is 0 Å². The third-order valence-electron chi connectivity index (χ3n) is 2.66. The number of rotatable bonds is 5. The van der Waals surface area contributed by atoms with Gasteiger partial charge in [-0.05, 0) is 41.1 Å². The van der Waals surface area contributed by atoms with E-state index in [1.165, 1.54) is 0 Å². The summed E-state index contributed by atoms with van der Waals surface area (Å²) in [6, 6.07) is 5.45. The minimum absolute atomic E-state index is 0.179. The van der Waals surface area contributed by atoms with Crippen LogP contribution in [-0.4, -0.2) is 24.2 Å². The molecule has 0 aliphatic rings. The van der Waals surface area contributed by atoms with Crippen LogP contribution in [0.25, 0.3) is 10.9 Å². The Balaban J connectivity index is 2.26. The molecular weight excluding hydrogens is 425 g/mol. The first-order chi connectivity index (χ1) is 10.0. The number of pyridine rings is 1. The zero-order chi connectivity index (χ0) is 15.4. The fourth-order valence-corrected chi connectivity index (χ4v) is 3.31. The van der Waals surface area contributed by atoms with Crippen LogP contribution in [0.1, 0.15) is 13.3 Å². The summed E-state index contributed by atoms with van der Waals surface area (Å²) in [5.74, 6) is 0.265. The van der Waals surface area contributed by atoms with Crippen LogP contribution in [0, 0.1) is 0 Å². The van der Waals surface area contributed by atoms with Crippen molar-refractivity contribution in [2.45, 2.75) is 13.3 Å². The average Bonchev–Trinajstić information content (AvgIpc) is 2.42.